The fourth-order valence-electron chi connectivity index (χ4n) is 11.3. The Morgan fingerprint density at radius 1 is 0.574 bits per heavy atom. The van der Waals surface area contributed by atoms with Gasteiger partial charge in [0.15, 0.2) is 17.3 Å². The summed E-state index contributed by atoms with van der Waals surface area (Å²) in [7, 11) is 9.07. The van der Waals surface area contributed by atoms with Crippen LogP contribution < -0.4 is 61.6 Å². The SMILES string of the molecule is CCc1cnc(Nc2nc(Sc3cccc(Cl)c3)nc(N3CCCCC3)n2)o1.CN(C)c1nc(Nc2ncno2)nc(-c2ccccc2)n1.CNc1nc(Nc2ncn[nH]2)nc(Oc2ccc(CC#N)cc2)n1.CNc1nc(Nc2ncns2)nc(N(C)c2ccccc2)n1.c1nsc(Nc2nc(Cc3ccc4ncsc4c3)nc(N3CCCC3)n2)n1. The van der Waals surface area contributed by atoms with E-state index in [1.807, 2.05) is 142 Å². The number of thiazole rings is 1. The van der Waals surface area contributed by atoms with Crippen LogP contribution in [0.15, 0.2) is 183 Å². The number of para-hydroxylation sites is 1. The lowest BCUT2D eigenvalue weighted by Gasteiger charge is -2.26. The van der Waals surface area contributed by atoms with Gasteiger partial charge in [0.2, 0.25) is 81.6 Å². The summed E-state index contributed by atoms with van der Waals surface area (Å²) in [6.07, 6.45) is 15.0. The molecule has 2 fully saturated rings. The lowest BCUT2D eigenvalue weighted by atomic mass is 10.1. The number of benzene rings is 5. The number of piperidine rings is 1. The average Bonchev–Trinajstić information content (AvgIpc) is 1.70. The van der Waals surface area contributed by atoms with Gasteiger partial charge in [-0.25, -0.2) is 25.0 Å². The zero-order valence-electron chi connectivity index (χ0n) is 66.2. The molecule has 2 aliphatic heterocycles. The Hall–Kier alpha value is -14.6. The van der Waals surface area contributed by atoms with E-state index in [0.29, 0.717) is 110 Å². The molecule has 0 unspecified atom stereocenters. The molecule has 2 saturated heterocycles. The van der Waals surface area contributed by atoms with Gasteiger partial charge >= 0.3 is 18.0 Å². The van der Waals surface area contributed by atoms with E-state index in [9.17, 15) is 0 Å². The lowest BCUT2D eigenvalue weighted by Crippen LogP contribution is -2.31. The summed E-state index contributed by atoms with van der Waals surface area (Å²) in [6.45, 7) is 5.87. The summed E-state index contributed by atoms with van der Waals surface area (Å²) in [5.41, 5.74) is 6.84. The molecule has 0 bridgehead atoms. The number of aromatic nitrogens is 26. The lowest BCUT2D eigenvalue weighted by molar-refractivity contribution is 0.432. The Morgan fingerprint density at radius 3 is 1.88 bits per heavy atom. The third-order valence-electron chi connectivity index (χ3n) is 17.2. The first-order valence-corrected chi connectivity index (χ1v) is 41.4. The second kappa shape index (κ2) is 42.2. The molecule has 0 radical (unpaired) electrons. The maximum atomic E-state index is 8.68. The number of oxazole rings is 1. The molecule has 13 heterocycles. The fourth-order valence-corrected chi connectivity index (χ4v) is 14.0. The van der Waals surface area contributed by atoms with Crippen LogP contribution in [0.2, 0.25) is 5.02 Å². The van der Waals surface area contributed by atoms with Crippen LogP contribution >= 0.6 is 57.8 Å². The molecule has 0 atom stereocenters. The van der Waals surface area contributed by atoms with Crippen LogP contribution in [0.4, 0.5) is 99.4 Å². The molecule has 2 aliphatic rings. The maximum absolute atomic E-state index is 8.68. The number of anilines is 17. The predicted molar refractivity (Wildman–Crippen MR) is 467 cm³/mol. The van der Waals surface area contributed by atoms with Gasteiger partial charge in [-0.1, -0.05) is 96.5 Å². The molecular weight excluding hydrogens is 1660 g/mol. The molecule has 46 heteroatoms. The van der Waals surface area contributed by atoms with Crippen molar-refractivity contribution in [3.63, 3.8) is 0 Å². The minimum absolute atomic E-state index is 0.115. The monoisotopic (exact) mass is 1730 g/mol. The van der Waals surface area contributed by atoms with E-state index in [2.05, 4.69) is 189 Å². The molecule has 41 nitrogen and oxygen atoms in total. The van der Waals surface area contributed by atoms with Crippen LogP contribution in [0.1, 0.15) is 61.7 Å². The number of nitrogens with zero attached hydrogens (tertiary/aromatic N) is 30. The molecule has 0 saturated carbocycles. The van der Waals surface area contributed by atoms with Crippen molar-refractivity contribution in [3.05, 3.63) is 192 Å². The van der Waals surface area contributed by atoms with Crippen LogP contribution in [0.3, 0.4) is 0 Å². The largest absolute Gasteiger partial charge is 0.428 e. The van der Waals surface area contributed by atoms with Gasteiger partial charge in [0.25, 0.3) is 0 Å². The Labute approximate surface area is 718 Å². The minimum Gasteiger partial charge on any atom is -0.428 e. The second-order valence-corrected chi connectivity index (χ2v) is 29.9. The van der Waals surface area contributed by atoms with Crippen molar-refractivity contribution in [1.82, 2.24) is 129 Å². The molecule has 0 spiro atoms. The van der Waals surface area contributed by atoms with Gasteiger partial charge < -0.3 is 43.9 Å². The van der Waals surface area contributed by atoms with E-state index in [-0.39, 0.29) is 18.0 Å². The van der Waals surface area contributed by atoms with Gasteiger partial charge in [-0.05, 0) is 110 Å². The van der Waals surface area contributed by atoms with Gasteiger partial charge in [0, 0.05) is 118 Å². The summed E-state index contributed by atoms with van der Waals surface area (Å²) in [6, 6.07) is 43.4. The van der Waals surface area contributed by atoms with E-state index in [1.54, 1.807) is 48.7 Å². The molecule has 5 aromatic carbocycles. The maximum Gasteiger partial charge on any atom is 0.328 e. The molecule has 18 rings (SSSR count). The van der Waals surface area contributed by atoms with Gasteiger partial charge in [-0.2, -0.15) is 104 Å². The number of ether oxygens (including phenoxy) is 1. The number of halogens is 1. The molecule has 620 valence electrons. The summed E-state index contributed by atoms with van der Waals surface area (Å²) in [5, 5.41) is 41.9. The number of nitriles is 1. The molecular formula is C76H77ClN38O3S4. The molecule has 0 amide bonds. The first-order chi connectivity index (χ1) is 59.8. The van der Waals surface area contributed by atoms with Crippen molar-refractivity contribution in [3.8, 4) is 29.2 Å². The fraction of sp³-hybridized carbons (Fsp3) is 0.237. The third-order valence-corrected chi connectivity index (χ3v) is 20.2. The van der Waals surface area contributed by atoms with E-state index in [1.165, 1.54) is 84.1 Å². The number of nitrogens with one attached hydrogen (secondary N) is 8. The zero-order chi connectivity index (χ0) is 84.2. The smallest absolute Gasteiger partial charge is 0.328 e. The minimum atomic E-state index is 0.115. The standard InChI is InChI=1S/C19H21ClN6OS.C17H16N8S2.C14H13N9O.C13H14N8S.C13H13N7O/c1-2-14-12-21-18(27-14)23-16-22-17(26-9-4-3-5-10-26)25-19(24-16)28-15-8-6-7-13(20)11-15;1-2-6-25(5-1)16-22-14(21-15(23-16)24-17-18-9-20-27-17)8-11-3-4-12-13(7-11)26-10-19-12;1-16-11-19-13(20-12-17-8-18-23-12)22-14(21-11)24-10-4-2-9(3-5-10)6-7-15;1-14-10-17-11(20-13-15-8-16-22-13)19-12(18-10)21(2)9-6-4-3-5-7-9;1-20(2)12-17-10(9-6-4-3-5-7-9)16-11(18-12)19-13-14-8-15-21-13/h6-8,11-12H,2-5,9-10H2,1H3,(H,21,22,23,24,25);3-4,7,9-10H,1-2,5-6,8H2,(H,18,20,21,22,23,24);2-5,8H,6H2,1H3,(H3,16,17,18,19,20,21,22,23);3-8H,1-2H3,(H2,14,15,16,17,18,19,20);3-8H,1-2H3,(H,14,15,16,17,18,19). The Kier molecular flexibility index (Phi) is 29.0. The number of aromatic amines is 1. The van der Waals surface area contributed by atoms with Crippen LogP contribution in [-0.2, 0) is 19.3 Å². The van der Waals surface area contributed by atoms with Crippen molar-refractivity contribution in [2.75, 3.05) is 118 Å². The van der Waals surface area contributed by atoms with E-state index < -0.39 is 0 Å². The van der Waals surface area contributed by atoms with Crippen molar-refractivity contribution in [2.24, 2.45) is 0 Å². The van der Waals surface area contributed by atoms with E-state index in [4.69, 9.17) is 35.5 Å². The second-order valence-electron chi connectivity index (χ2n) is 26.0. The number of aryl methyl sites for hydroxylation is 1. The van der Waals surface area contributed by atoms with Crippen molar-refractivity contribution >= 4 is 167 Å². The topological polar surface area (TPSA) is 495 Å². The van der Waals surface area contributed by atoms with E-state index >= 15 is 0 Å². The molecule has 16 aromatic rings. The molecule has 8 N–H and O–H groups in total. The Bertz CT molecular complexity index is 5970. The van der Waals surface area contributed by atoms with Gasteiger partial charge in [-0.3, -0.25) is 26.6 Å². The van der Waals surface area contributed by atoms with Gasteiger partial charge in [0.1, 0.15) is 36.3 Å². The number of rotatable bonds is 26. The number of H-pyrrole nitrogens is 1. The van der Waals surface area contributed by atoms with Crippen LogP contribution in [-0.4, -0.2) is 190 Å². The van der Waals surface area contributed by atoms with Crippen molar-refractivity contribution in [2.45, 2.75) is 68.3 Å². The highest BCUT2D eigenvalue weighted by Gasteiger charge is 2.22. The number of hydrogen-bond donors (Lipinski definition) is 8. The van der Waals surface area contributed by atoms with Crippen LogP contribution in [0, 0.1) is 11.3 Å². The zero-order valence-corrected chi connectivity index (χ0v) is 70.2. The Balaban J connectivity index is 0.000000125. The van der Waals surface area contributed by atoms with Crippen LogP contribution in [0.25, 0.3) is 21.6 Å². The highest BCUT2D eigenvalue weighted by atomic mass is 35.5. The van der Waals surface area contributed by atoms with Crippen molar-refractivity contribution < 1.29 is 13.7 Å². The average molecular weight is 1730 g/mol. The molecule has 0 aliphatic carbocycles. The first kappa shape index (κ1) is 83.9. The summed E-state index contributed by atoms with van der Waals surface area (Å²) < 4.78 is 25.3. The summed E-state index contributed by atoms with van der Waals surface area (Å²) in [4.78, 5) is 100. The highest BCUT2D eigenvalue weighted by molar-refractivity contribution is 7.99. The van der Waals surface area contributed by atoms with E-state index in [0.717, 1.165) is 95.8 Å². The number of hydrogen-bond acceptors (Lipinski definition) is 44. The van der Waals surface area contributed by atoms with Crippen LogP contribution in [0.5, 0.6) is 11.8 Å². The normalized spacial score (nSPS) is 12.0. The van der Waals surface area contributed by atoms with Gasteiger partial charge in [-0.15, -0.1) is 11.3 Å². The third kappa shape index (κ3) is 24.3. The molecule has 11 aromatic heterocycles. The summed E-state index contributed by atoms with van der Waals surface area (Å²) in [5.74, 6) is 8.26. The Morgan fingerprint density at radius 2 is 1.22 bits per heavy atom. The van der Waals surface area contributed by atoms with Gasteiger partial charge in [0.05, 0.1) is 34.4 Å². The molecule has 122 heavy (non-hydrogen) atoms. The predicted octanol–water partition coefficient (Wildman–Crippen LogP) is 13.9. The number of fused-ring (bicyclic) bond motifs is 1. The summed E-state index contributed by atoms with van der Waals surface area (Å²) >= 11 is 11.7. The first-order valence-electron chi connectivity index (χ1n) is 37.8. The highest BCUT2D eigenvalue weighted by Crippen LogP contribution is 2.32. The van der Waals surface area contributed by atoms with Crippen molar-refractivity contribution in [1.29, 1.82) is 5.26 Å². The quantitative estimate of drug-likeness (QED) is 0.0250.